The van der Waals surface area contributed by atoms with Crippen LogP contribution in [0.15, 0.2) is 79.4 Å². The van der Waals surface area contributed by atoms with Crippen LogP contribution >= 0.6 is 0 Å². The van der Waals surface area contributed by atoms with E-state index in [0.29, 0.717) is 17.5 Å². The molecule has 0 amide bonds. The standard InChI is InChI=1S/C36H40N10O3/c37-29-11-8-25(43-14-16-44(17-15-43)31-12-13-45(31)26-18-24(36(47)48)20-39-21-26)19-30(29)46-35-32(34(38)40-22-41-35)33(42-46)23-6-9-28(10-7-23)49-27-4-2-1-3-5-27/h1-7,9-10,18,20-22,25,29-31H,8,11-17,19,37H2,(H,47,48)(H2,38,40,41). The number of anilines is 2. The van der Waals surface area contributed by atoms with Gasteiger partial charge in [-0.25, -0.2) is 19.4 Å². The van der Waals surface area contributed by atoms with E-state index >= 15 is 0 Å². The summed E-state index contributed by atoms with van der Waals surface area (Å²) < 4.78 is 8.00. The van der Waals surface area contributed by atoms with Crippen molar-refractivity contribution < 1.29 is 14.6 Å². The minimum Gasteiger partial charge on any atom is -0.478 e. The number of aromatic nitrogens is 5. The van der Waals surface area contributed by atoms with E-state index in [4.69, 9.17) is 21.3 Å². The van der Waals surface area contributed by atoms with Gasteiger partial charge in [0.05, 0.1) is 35.0 Å². The number of ether oxygens (including phenoxy) is 1. The van der Waals surface area contributed by atoms with Crippen LogP contribution in [0.2, 0.25) is 0 Å². The maximum Gasteiger partial charge on any atom is 0.337 e. The lowest BCUT2D eigenvalue weighted by Crippen LogP contribution is -2.63. The molecule has 252 valence electrons. The van der Waals surface area contributed by atoms with Crippen molar-refractivity contribution in [2.45, 2.75) is 50.0 Å². The minimum atomic E-state index is -0.955. The van der Waals surface area contributed by atoms with Gasteiger partial charge >= 0.3 is 5.97 Å². The number of rotatable bonds is 8. The molecule has 4 unspecified atom stereocenters. The Hall–Kier alpha value is -5.11. The normalized spacial score (nSPS) is 23.3. The van der Waals surface area contributed by atoms with E-state index in [-0.39, 0.29) is 23.8 Å². The van der Waals surface area contributed by atoms with Gasteiger partial charge in [0.2, 0.25) is 0 Å². The predicted molar refractivity (Wildman–Crippen MR) is 186 cm³/mol. The van der Waals surface area contributed by atoms with Crippen molar-refractivity contribution in [3.63, 3.8) is 0 Å². The molecular formula is C36H40N10O3. The molecular weight excluding hydrogens is 620 g/mol. The molecule has 0 spiro atoms. The number of fused-ring (bicyclic) bond motifs is 1. The van der Waals surface area contributed by atoms with Crippen molar-refractivity contribution in [2.24, 2.45) is 5.73 Å². The van der Waals surface area contributed by atoms with Gasteiger partial charge in [-0.1, -0.05) is 18.2 Å². The van der Waals surface area contributed by atoms with Crippen LogP contribution in [0, 0.1) is 0 Å². The summed E-state index contributed by atoms with van der Waals surface area (Å²) in [4.78, 5) is 32.0. The molecule has 4 atom stereocenters. The van der Waals surface area contributed by atoms with Crippen LogP contribution < -0.4 is 21.1 Å². The van der Waals surface area contributed by atoms with Crippen LogP contribution in [0.5, 0.6) is 11.5 Å². The van der Waals surface area contributed by atoms with Crippen molar-refractivity contribution in [1.29, 1.82) is 0 Å². The van der Waals surface area contributed by atoms with E-state index in [2.05, 4.69) is 29.7 Å². The zero-order chi connectivity index (χ0) is 33.5. The molecule has 2 aromatic carbocycles. The molecule has 0 bridgehead atoms. The highest BCUT2D eigenvalue weighted by Gasteiger charge is 2.39. The Morgan fingerprint density at radius 1 is 0.878 bits per heavy atom. The monoisotopic (exact) mass is 660 g/mol. The van der Waals surface area contributed by atoms with Crippen LogP contribution in [0.1, 0.15) is 42.1 Å². The first kappa shape index (κ1) is 31.2. The highest BCUT2D eigenvalue weighted by atomic mass is 16.5. The number of piperazine rings is 1. The third-order valence-corrected chi connectivity index (χ3v) is 10.4. The Bertz CT molecular complexity index is 1940. The average molecular weight is 661 g/mol. The zero-order valence-corrected chi connectivity index (χ0v) is 27.2. The van der Waals surface area contributed by atoms with Gasteiger partial charge < -0.3 is 26.2 Å². The second-order valence-electron chi connectivity index (χ2n) is 13.2. The molecule has 2 saturated heterocycles. The summed E-state index contributed by atoms with van der Waals surface area (Å²) in [7, 11) is 0. The number of hydrogen-bond acceptors (Lipinski definition) is 11. The van der Waals surface area contributed by atoms with Crippen LogP contribution in [0.25, 0.3) is 22.3 Å². The Kier molecular flexibility index (Phi) is 8.31. The third kappa shape index (κ3) is 6.05. The van der Waals surface area contributed by atoms with E-state index in [1.54, 1.807) is 12.3 Å². The molecule has 1 aliphatic carbocycles. The fourth-order valence-electron chi connectivity index (χ4n) is 7.65. The predicted octanol–water partition coefficient (Wildman–Crippen LogP) is 4.24. The van der Waals surface area contributed by atoms with Crippen molar-refractivity contribution in [3.05, 3.63) is 84.9 Å². The molecule has 13 nitrogen and oxygen atoms in total. The summed E-state index contributed by atoms with van der Waals surface area (Å²) in [6, 6.07) is 19.5. The van der Waals surface area contributed by atoms with Gasteiger partial charge in [0.15, 0.2) is 5.65 Å². The Balaban J connectivity index is 0.974. The lowest BCUT2D eigenvalue weighted by atomic mass is 9.86. The molecule has 5 heterocycles. The number of para-hydroxylation sites is 1. The minimum absolute atomic E-state index is 0.0425. The van der Waals surface area contributed by atoms with E-state index in [1.807, 2.05) is 59.3 Å². The molecule has 1 saturated carbocycles. The maximum absolute atomic E-state index is 11.5. The molecule has 13 heteroatoms. The summed E-state index contributed by atoms with van der Waals surface area (Å²) >= 11 is 0. The second kappa shape index (κ2) is 13.1. The topological polar surface area (TPSA) is 165 Å². The number of nitrogen functional groups attached to an aromatic ring is 1. The Labute approximate surface area is 284 Å². The van der Waals surface area contributed by atoms with Crippen molar-refractivity contribution in [3.8, 4) is 22.8 Å². The second-order valence-corrected chi connectivity index (χ2v) is 13.2. The van der Waals surface area contributed by atoms with Crippen LogP contribution in [-0.4, -0.2) is 96.6 Å². The molecule has 5 N–H and O–H groups in total. The number of carboxylic acids is 1. The first-order valence-electron chi connectivity index (χ1n) is 16.9. The smallest absolute Gasteiger partial charge is 0.337 e. The number of nitrogens with two attached hydrogens (primary N) is 2. The van der Waals surface area contributed by atoms with Crippen molar-refractivity contribution >= 4 is 28.5 Å². The summed E-state index contributed by atoms with van der Waals surface area (Å²) in [6.45, 7) is 4.72. The fourth-order valence-corrected chi connectivity index (χ4v) is 7.65. The fraction of sp³-hybridized carbons (Fsp3) is 0.361. The van der Waals surface area contributed by atoms with Crippen LogP contribution in [0.3, 0.4) is 0 Å². The summed E-state index contributed by atoms with van der Waals surface area (Å²) in [6.07, 6.45) is 8.77. The van der Waals surface area contributed by atoms with Gasteiger partial charge in [0.25, 0.3) is 0 Å². The highest BCUT2D eigenvalue weighted by molar-refractivity contribution is 5.98. The van der Waals surface area contributed by atoms with E-state index in [0.717, 1.165) is 92.2 Å². The summed E-state index contributed by atoms with van der Waals surface area (Å²) in [5, 5.41) is 15.3. The SMILES string of the molecule is Nc1ncnc2c1c(-c1ccc(Oc3ccccc3)cc1)nn2C1CC(N2CCN(C3CCN3c3cncc(C(=O)O)c3)CC2)CCC1N. The van der Waals surface area contributed by atoms with Gasteiger partial charge in [-0.2, -0.15) is 5.10 Å². The number of carbonyl (C=O) groups is 1. The molecule has 3 aromatic heterocycles. The lowest BCUT2D eigenvalue weighted by Gasteiger charge is -2.52. The molecule has 5 aromatic rings. The van der Waals surface area contributed by atoms with Gasteiger partial charge in [0.1, 0.15) is 29.3 Å². The van der Waals surface area contributed by atoms with Crippen LogP contribution in [-0.2, 0) is 0 Å². The molecule has 2 aliphatic heterocycles. The van der Waals surface area contributed by atoms with E-state index < -0.39 is 5.97 Å². The first-order chi connectivity index (χ1) is 23.9. The van der Waals surface area contributed by atoms with Gasteiger partial charge in [-0.3, -0.25) is 14.8 Å². The molecule has 49 heavy (non-hydrogen) atoms. The lowest BCUT2D eigenvalue weighted by molar-refractivity contribution is 0.0312. The molecule has 3 fully saturated rings. The number of hydrogen-bond donors (Lipinski definition) is 3. The van der Waals surface area contributed by atoms with Gasteiger partial charge in [-0.15, -0.1) is 0 Å². The van der Waals surface area contributed by atoms with Crippen molar-refractivity contribution in [2.75, 3.05) is 43.4 Å². The van der Waals surface area contributed by atoms with Crippen LogP contribution in [0.4, 0.5) is 11.5 Å². The number of nitrogens with zero attached hydrogens (tertiary/aromatic N) is 8. The number of carboxylic acid groups (broad SMARTS) is 1. The molecule has 0 radical (unpaired) electrons. The van der Waals surface area contributed by atoms with Gasteiger partial charge in [-0.05, 0) is 68.1 Å². The summed E-state index contributed by atoms with van der Waals surface area (Å²) in [5.74, 6) is 0.942. The third-order valence-electron chi connectivity index (χ3n) is 10.4. The molecule has 8 rings (SSSR count). The number of aromatic carboxylic acids is 1. The maximum atomic E-state index is 11.5. The first-order valence-corrected chi connectivity index (χ1v) is 16.9. The van der Waals surface area contributed by atoms with E-state index in [9.17, 15) is 9.90 Å². The quantitative estimate of drug-likeness (QED) is 0.217. The highest BCUT2D eigenvalue weighted by Crippen LogP contribution is 2.38. The number of benzene rings is 2. The number of pyridine rings is 1. The molecule has 3 aliphatic rings. The average Bonchev–Trinajstić information content (AvgIpc) is 3.50. The van der Waals surface area contributed by atoms with Crippen molar-refractivity contribution in [1.82, 2.24) is 34.5 Å². The Morgan fingerprint density at radius 3 is 2.37 bits per heavy atom. The zero-order valence-electron chi connectivity index (χ0n) is 27.2. The Morgan fingerprint density at radius 2 is 1.63 bits per heavy atom. The summed E-state index contributed by atoms with van der Waals surface area (Å²) in [5.41, 5.74) is 16.7. The van der Waals surface area contributed by atoms with Gasteiger partial charge in [0, 0.05) is 56.6 Å². The largest absolute Gasteiger partial charge is 0.478 e. The van der Waals surface area contributed by atoms with E-state index in [1.165, 1.54) is 12.5 Å².